The number of hydrogen-bond donors (Lipinski definition) is 1. The number of aromatic amines is 1. The Morgan fingerprint density at radius 1 is 1.08 bits per heavy atom. The molecule has 7 heteroatoms. The van der Waals surface area contributed by atoms with Crippen molar-refractivity contribution in [2.45, 2.75) is 6.54 Å². The van der Waals surface area contributed by atoms with Gasteiger partial charge in [0.15, 0.2) is 0 Å². The van der Waals surface area contributed by atoms with Gasteiger partial charge in [-0.15, -0.1) is 0 Å². The zero-order valence-electron chi connectivity index (χ0n) is 12.9. The Kier molecular flexibility index (Phi) is 3.61. The molecule has 0 aliphatic heterocycles. The first-order chi connectivity index (χ1) is 12.1. The molecule has 2 heterocycles. The minimum absolute atomic E-state index is 0.170. The minimum atomic E-state index is -0.695. The number of H-pyrrole nitrogens is 1. The Morgan fingerprint density at radius 3 is 2.60 bits per heavy atom. The highest BCUT2D eigenvalue weighted by molar-refractivity contribution is 5.83. The van der Waals surface area contributed by atoms with Crippen molar-refractivity contribution in [3.63, 3.8) is 0 Å². The number of nitrogens with one attached hydrogen (secondary N) is 1. The number of nitrogens with zero attached hydrogens (tertiary/aromatic N) is 3. The fraction of sp³-hybridized carbons (Fsp3) is 0.0556. The van der Waals surface area contributed by atoms with Crippen LogP contribution in [0, 0.1) is 11.6 Å². The van der Waals surface area contributed by atoms with Crippen LogP contribution in [-0.2, 0) is 6.54 Å². The average molecular weight is 338 g/mol. The normalized spacial score (nSPS) is 11.1. The first-order valence-electron chi connectivity index (χ1n) is 7.55. The van der Waals surface area contributed by atoms with E-state index in [-0.39, 0.29) is 17.7 Å². The number of benzene rings is 2. The Morgan fingerprint density at radius 2 is 1.88 bits per heavy atom. The van der Waals surface area contributed by atoms with Gasteiger partial charge in [0.05, 0.1) is 30.0 Å². The summed E-state index contributed by atoms with van der Waals surface area (Å²) in [5.41, 5.74) is 1.61. The second-order valence-corrected chi connectivity index (χ2v) is 5.60. The number of hydrogen-bond acceptors (Lipinski definition) is 3. The van der Waals surface area contributed by atoms with E-state index in [1.54, 1.807) is 24.5 Å². The molecule has 0 atom stereocenters. The van der Waals surface area contributed by atoms with Crippen LogP contribution in [0.25, 0.3) is 22.0 Å². The molecule has 0 aliphatic rings. The fourth-order valence-electron chi connectivity index (χ4n) is 2.71. The van der Waals surface area contributed by atoms with Gasteiger partial charge < -0.3 is 0 Å². The van der Waals surface area contributed by atoms with Gasteiger partial charge in [0.1, 0.15) is 11.6 Å². The summed E-state index contributed by atoms with van der Waals surface area (Å²) in [5.74, 6) is -1.39. The van der Waals surface area contributed by atoms with Gasteiger partial charge >= 0.3 is 0 Å². The summed E-state index contributed by atoms with van der Waals surface area (Å²) in [5, 5.41) is 6.97. The third kappa shape index (κ3) is 2.69. The number of rotatable bonds is 3. The number of aromatic nitrogens is 4. The molecule has 0 unspecified atom stereocenters. The SMILES string of the molecule is O=c1c2cc(-c3cn[nH]c3)ccc2ncn1Cc1c(F)cccc1F. The topological polar surface area (TPSA) is 63.6 Å². The zero-order valence-corrected chi connectivity index (χ0v) is 12.9. The molecule has 0 saturated heterocycles. The van der Waals surface area contributed by atoms with Crippen molar-refractivity contribution in [1.82, 2.24) is 19.7 Å². The van der Waals surface area contributed by atoms with Crippen LogP contribution < -0.4 is 5.56 Å². The van der Waals surface area contributed by atoms with Crippen molar-refractivity contribution in [3.8, 4) is 11.1 Å². The highest BCUT2D eigenvalue weighted by atomic mass is 19.1. The van der Waals surface area contributed by atoms with Crippen molar-refractivity contribution < 1.29 is 8.78 Å². The van der Waals surface area contributed by atoms with Gasteiger partial charge in [0.25, 0.3) is 5.56 Å². The third-order valence-electron chi connectivity index (χ3n) is 4.05. The highest BCUT2D eigenvalue weighted by Crippen LogP contribution is 2.21. The summed E-state index contributed by atoms with van der Waals surface area (Å²) in [6.07, 6.45) is 4.66. The third-order valence-corrected chi connectivity index (χ3v) is 4.05. The van der Waals surface area contributed by atoms with Gasteiger partial charge in [0, 0.05) is 17.3 Å². The summed E-state index contributed by atoms with van der Waals surface area (Å²) in [6.45, 7) is -0.226. The van der Waals surface area contributed by atoms with E-state index in [0.29, 0.717) is 10.9 Å². The second-order valence-electron chi connectivity index (χ2n) is 5.60. The predicted molar refractivity (Wildman–Crippen MR) is 89.0 cm³/mol. The smallest absolute Gasteiger partial charge is 0.261 e. The maximum absolute atomic E-state index is 13.8. The molecular weight excluding hydrogens is 326 g/mol. The lowest BCUT2D eigenvalue weighted by Crippen LogP contribution is -2.22. The molecule has 0 amide bonds. The van der Waals surface area contributed by atoms with Crippen LogP contribution in [0.3, 0.4) is 0 Å². The molecule has 25 heavy (non-hydrogen) atoms. The predicted octanol–water partition coefficient (Wildman–Crippen LogP) is 3.11. The van der Waals surface area contributed by atoms with Gasteiger partial charge in [-0.1, -0.05) is 12.1 Å². The van der Waals surface area contributed by atoms with E-state index in [9.17, 15) is 13.6 Å². The van der Waals surface area contributed by atoms with E-state index in [0.717, 1.165) is 23.3 Å². The van der Waals surface area contributed by atoms with E-state index in [2.05, 4.69) is 15.2 Å². The van der Waals surface area contributed by atoms with Crippen molar-refractivity contribution in [1.29, 1.82) is 0 Å². The van der Waals surface area contributed by atoms with Crippen LogP contribution in [0.2, 0.25) is 0 Å². The lowest BCUT2D eigenvalue weighted by molar-refractivity contribution is 0.541. The Hall–Kier alpha value is -3.35. The molecule has 4 rings (SSSR count). The Balaban J connectivity index is 1.83. The van der Waals surface area contributed by atoms with Crippen molar-refractivity contribution in [3.05, 3.63) is 82.7 Å². The highest BCUT2D eigenvalue weighted by Gasteiger charge is 2.12. The quantitative estimate of drug-likeness (QED) is 0.624. The monoisotopic (exact) mass is 338 g/mol. The molecule has 2 aromatic heterocycles. The van der Waals surface area contributed by atoms with Gasteiger partial charge in [-0.25, -0.2) is 13.8 Å². The average Bonchev–Trinajstić information content (AvgIpc) is 3.14. The molecule has 4 aromatic rings. The largest absolute Gasteiger partial charge is 0.294 e. The molecule has 0 aliphatic carbocycles. The maximum Gasteiger partial charge on any atom is 0.261 e. The lowest BCUT2D eigenvalue weighted by Gasteiger charge is -2.09. The van der Waals surface area contributed by atoms with Gasteiger partial charge in [-0.05, 0) is 29.8 Å². The van der Waals surface area contributed by atoms with Crippen LogP contribution in [0.15, 0.2) is 59.9 Å². The molecule has 124 valence electrons. The number of fused-ring (bicyclic) bond motifs is 1. The Bertz CT molecular complexity index is 1100. The zero-order chi connectivity index (χ0) is 17.4. The first kappa shape index (κ1) is 15.2. The first-order valence-corrected chi connectivity index (χ1v) is 7.55. The summed E-state index contributed by atoms with van der Waals surface area (Å²) in [7, 11) is 0. The van der Waals surface area contributed by atoms with Crippen LogP contribution in [0.5, 0.6) is 0 Å². The van der Waals surface area contributed by atoms with Crippen molar-refractivity contribution >= 4 is 10.9 Å². The molecule has 0 bridgehead atoms. The van der Waals surface area contributed by atoms with Gasteiger partial charge in [-0.3, -0.25) is 14.5 Å². The standard InChI is InChI=1S/C18H12F2N4O/c19-15-2-1-3-16(20)14(15)9-24-10-21-17-5-4-11(6-13(17)18(24)25)12-7-22-23-8-12/h1-8,10H,9H2,(H,22,23). The molecule has 0 saturated carbocycles. The molecule has 1 N–H and O–H groups in total. The maximum atomic E-state index is 13.8. The lowest BCUT2D eigenvalue weighted by atomic mass is 10.1. The number of halogens is 2. The summed E-state index contributed by atoms with van der Waals surface area (Å²) < 4.78 is 28.9. The van der Waals surface area contributed by atoms with Crippen molar-refractivity contribution in [2.75, 3.05) is 0 Å². The van der Waals surface area contributed by atoms with Gasteiger partial charge in [0.2, 0.25) is 0 Å². The molecule has 2 aromatic carbocycles. The van der Waals surface area contributed by atoms with Crippen LogP contribution in [0.1, 0.15) is 5.56 Å². The van der Waals surface area contributed by atoms with Crippen LogP contribution in [0.4, 0.5) is 8.78 Å². The summed E-state index contributed by atoms with van der Waals surface area (Å²) in [6, 6.07) is 8.87. The fourth-order valence-corrected chi connectivity index (χ4v) is 2.71. The summed E-state index contributed by atoms with van der Waals surface area (Å²) in [4.78, 5) is 16.9. The summed E-state index contributed by atoms with van der Waals surface area (Å²) >= 11 is 0. The molecule has 0 fully saturated rings. The molecule has 0 spiro atoms. The van der Waals surface area contributed by atoms with E-state index in [1.165, 1.54) is 17.0 Å². The van der Waals surface area contributed by atoms with E-state index < -0.39 is 11.6 Å². The van der Waals surface area contributed by atoms with E-state index in [4.69, 9.17) is 0 Å². The minimum Gasteiger partial charge on any atom is -0.294 e. The van der Waals surface area contributed by atoms with Crippen molar-refractivity contribution in [2.24, 2.45) is 0 Å². The second kappa shape index (κ2) is 5.94. The van der Waals surface area contributed by atoms with Gasteiger partial charge in [-0.2, -0.15) is 5.10 Å². The van der Waals surface area contributed by atoms with Crippen LogP contribution >= 0.6 is 0 Å². The Labute approximate surface area is 140 Å². The van der Waals surface area contributed by atoms with Crippen LogP contribution in [-0.4, -0.2) is 19.7 Å². The molecule has 5 nitrogen and oxygen atoms in total. The van der Waals surface area contributed by atoms with E-state index in [1.807, 2.05) is 6.07 Å². The molecule has 0 radical (unpaired) electrons. The molecular formula is C18H12F2N4O. The van der Waals surface area contributed by atoms with E-state index >= 15 is 0 Å².